The van der Waals surface area contributed by atoms with Crippen LogP contribution in [0.15, 0.2) is 46.6 Å². The summed E-state index contributed by atoms with van der Waals surface area (Å²) in [5.41, 5.74) is 3.03. The molecule has 68 valence electrons. The standard InChI is InChI=1S/C12H10N2/c1-9-3-5-12(8-14)10(2)4-6-11(9)7-13/h3-6H,1-2H3/b5-3-,6-4-,9-3?,10-4?,11-6?,11-9+,12-5?,12-10+. The largest absolute Gasteiger partial charge is 0.192 e. The smallest absolute Gasteiger partial charge is 0.0994 e. The first kappa shape index (κ1) is 10.0. The Balaban J connectivity index is 3.23. The topological polar surface area (TPSA) is 47.6 Å². The van der Waals surface area contributed by atoms with E-state index >= 15 is 0 Å². The molecule has 0 radical (unpaired) electrons. The molecule has 0 aromatic rings. The van der Waals surface area contributed by atoms with Crippen molar-refractivity contribution in [2.24, 2.45) is 0 Å². The Morgan fingerprint density at radius 1 is 0.786 bits per heavy atom. The summed E-state index contributed by atoms with van der Waals surface area (Å²) >= 11 is 0. The first-order valence-corrected chi connectivity index (χ1v) is 4.27. The molecule has 0 N–H and O–H groups in total. The number of hydrogen-bond donors (Lipinski definition) is 0. The molecule has 1 rings (SSSR count). The van der Waals surface area contributed by atoms with Crippen LogP contribution in [-0.2, 0) is 0 Å². The van der Waals surface area contributed by atoms with Gasteiger partial charge in [0.2, 0.25) is 0 Å². The molecule has 0 saturated carbocycles. The maximum atomic E-state index is 8.81. The molecular weight excluding hydrogens is 172 g/mol. The maximum absolute atomic E-state index is 8.81. The first-order valence-electron chi connectivity index (χ1n) is 4.27. The monoisotopic (exact) mass is 182 g/mol. The van der Waals surface area contributed by atoms with Gasteiger partial charge in [0.1, 0.15) is 0 Å². The zero-order valence-corrected chi connectivity index (χ0v) is 8.20. The van der Waals surface area contributed by atoms with Crippen molar-refractivity contribution in [1.82, 2.24) is 0 Å². The van der Waals surface area contributed by atoms with Crippen LogP contribution >= 0.6 is 0 Å². The molecule has 0 spiro atoms. The van der Waals surface area contributed by atoms with E-state index in [-0.39, 0.29) is 0 Å². The highest BCUT2D eigenvalue weighted by Crippen LogP contribution is 2.15. The van der Waals surface area contributed by atoms with Crippen molar-refractivity contribution in [2.75, 3.05) is 0 Å². The van der Waals surface area contributed by atoms with Gasteiger partial charge in [-0.25, -0.2) is 0 Å². The second kappa shape index (κ2) is 4.25. The summed E-state index contributed by atoms with van der Waals surface area (Å²) in [5, 5.41) is 17.6. The van der Waals surface area contributed by atoms with E-state index in [0.717, 1.165) is 11.1 Å². The molecule has 0 bridgehead atoms. The molecule has 2 heteroatoms. The van der Waals surface area contributed by atoms with E-state index in [1.165, 1.54) is 0 Å². The van der Waals surface area contributed by atoms with Gasteiger partial charge in [0.15, 0.2) is 0 Å². The van der Waals surface area contributed by atoms with Gasteiger partial charge in [0.05, 0.1) is 23.3 Å². The molecular formula is C12H10N2. The molecule has 1 aliphatic rings. The zero-order chi connectivity index (χ0) is 10.6. The number of allylic oxidation sites excluding steroid dienone is 8. The lowest BCUT2D eigenvalue weighted by Crippen LogP contribution is -1.86. The second-order valence-electron chi connectivity index (χ2n) is 3.08. The Labute approximate surface area is 83.8 Å². The van der Waals surface area contributed by atoms with E-state index in [9.17, 15) is 0 Å². The number of nitrogens with zero attached hydrogens (tertiary/aromatic N) is 2. The van der Waals surface area contributed by atoms with Crippen molar-refractivity contribution in [3.05, 3.63) is 46.6 Å². The van der Waals surface area contributed by atoms with E-state index in [1.54, 1.807) is 24.3 Å². The van der Waals surface area contributed by atoms with E-state index in [0.29, 0.717) is 11.1 Å². The molecule has 0 aliphatic heterocycles. The van der Waals surface area contributed by atoms with Crippen LogP contribution in [0.3, 0.4) is 0 Å². The highest BCUT2D eigenvalue weighted by Gasteiger charge is 2.01. The number of hydrogen-bond acceptors (Lipinski definition) is 2. The molecule has 0 amide bonds. The summed E-state index contributed by atoms with van der Waals surface area (Å²) < 4.78 is 0. The average Bonchev–Trinajstić information content (AvgIpc) is 2.17. The molecule has 0 saturated heterocycles. The third kappa shape index (κ3) is 2.00. The Kier molecular flexibility index (Phi) is 3.05. The van der Waals surface area contributed by atoms with Crippen molar-refractivity contribution < 1.29 is 0 Å². The van der Waals surface area contributed by atoms with Gasteiger partial charge in [-0.1, -0.05) is 12.2 Å². The predicted molar refractivity (Wildman–Crippen MR) is 54.9 cm³/mol. The number of rotatable bonds is 0. The molecule has 0 aromatic heterocycles. The van der Waals surface area contributed by atoms with Crippen molar-refractivity contribution in [1.29, 1.82) is 10.5 Å². The summed E-state index contributed by atoms with van der Waals surface area (Å²) in [6, 6.07) is 4.22. The summed E-state index contributed by atoms with van der Waals surface area (Å²) in [6.07, 6.45) is 7.07. The van der Waals surface area contributed by atoms with E-state index in [4.69, 9.17) is 10.5 Å². The van der Waals surface area contributed by atoms with Gasteiger partial charge in [0.25, 0.3) is 0 Å². The molecule has 0 aromatic carbocycles. The maximum Gasteiger partial charge on any atom is 0.0994 e. The molecule has 0 atom stereocenters. The van der Waals surface area contributed by atoms with Gasteiger partial charge in [-0.3, -0.25) is 0 Å². The average molecular weight is 182 g/mol. The highest BCUT2D eigenvalue weighted by atomic mass is 14.3. The Bertz CT molecular complexity index is 402. The first-order chi connectivity index (χ1) is 6.69. The number of nitriles is 2. The molecule has 0 unspecified atom stereocenters. The van der Waals surface area contributed by atoms with Crippen LogP contribution < -0.4 is 0 Å². The molecule has 0 heterocycles. The van der Waals surface area contributed by atoms with Crippen LogP contribution in [-0.4, -0.2) is 0 Å². The van der Waals surface area contributed by atoms with Crippen LogP contribution in [0.25, 0.3) is 0 Å². The third-order valence-electron chi connectivity index (χ3n) is 2.09. The van der Waals surface area contributed by atoms with E-state index < -0.39 is 0 Å². The van der Waals surface area contributed by atoms with Gasteiger partial charge in [-0.2, -0.15) is 10.5 Å². The minimum Gasteiger partial charge on any atom is -0.192 e. The van der Waals surface area contributed by atoms with Crippen LogP contribution in [0.5, 0.6) is 0 Å². The van der Waals surface area contributed by atoms with Crippen molar-refractivity contribution in [3.63, 3.8) is 0 Å². The van der Waals surface area contributed by atoms with Crippen LogP contribution in [0.4, 0.5) is 0 Å². The summed E-state index contributed by atoms with van der Waals surface area (Å²) in [4.78, 5) is 0. The minimum absolute atomic E-state index is 0.637. The molecule has 2 nitrogen and oxygen atoms in total. The van der Waals surface area contributed by atoms with Gasteiger partial charge in [-0.15, -0.1) is 0 Å². The summed E-state index contributed by atoms with van der Waals surface area (Å²) in [7, 11) is 0. The molecule has 14 heavy (non-hydrogen) atoms. The Morgan fingerprint density at radius 2 is 1.14 bits per heavy atom. The van der Waals surface area contributed by atoms with E-state index in [2.05, 4.69) is 12.1 Å². The third-order valence-corrected chi connectivity index (χ3v) is 2.09. The summed E-state index contributed by atoms with van der Waals surface area (Å²) in [6.45, 7) is 3.71. The van der Waals surface area contributed by atoms with Gasteiger partial charge >= 0.3 is 0 Å². The lowest BCUT2D eigenvalue weighted by atomic mass is 10.0. The minimum atomic E-state index is 0.637. The predicted octanol–water partition coefficient (Wildman–Crippen LogP) is 2.79. The highest BCUT2D eigenvalue weighted by molar-refractivity contribution is 5.51. The van der Waals surface area contributed by atoms with E-state index in [1.807, 2.05) is 13.8 Å². The molecule has 1 aliphatic carbocycles. The lowest BCUT2D eigenvalue weighted by molar-refractivity contribution is 1.36. The fourth-order valence-corrected chi connectivity index (χ4v) is 1.11. The van der Waals surface area contributed by atoms with Crippen molar-refractivity contribution in [2.45, 2.75) is 13.8 Å². The van der Waals surface area contributed by atoms with Gasteiger partial charge < -0.3 is 0 Å². The SMILES string of the molecule is CC1=C(C#N)/C=C\C(C)=C(C#N)/C=C\1. The normalized spacial score (nSPS) is 30.9. The Morgan fingerprint density at radius 3 is 1.43 bits per heavy atom. The quantitative estimate of drug-likeness (QED) is 0.578. The van der Waals surface area contributed by atoms with Gasteiger partial charge in [0, 0.05) is 0 Å². The van der Waals surface area contributed by atoms with Crippen LogP contribution in [0.1, 0.15) is 13.8 Å². The fourth-order valence-electron chi connectivity index (χ4n) is 1.11. The molecule has 0 fully saturated rings. The van der Waals surface area contributed by atoms with Crippen molar-refractivity contribution in [3.8, 4) is 12.1 Å². The second-order valence-corrected chi connectivity index (χ2v) is 3.08. The van der Waals surface area contributed by atoms with Crippen molar-refractivity contribution >= 4 is 0 Å². The van der Waals surface area contributed by atoms with Gasteiger partial charge in [-0.05, 0) is 37.1 Å². The fraction of sp³-hybridized carbons (Fsp3) is 0.167. The zero-order valence-electron chi connectivity index (χ0n) is 8.20. The summed E-state index contributed by atoms with van der Waals surface area (Å²) in [5.74, 6) is 0. The lowest BCUT2D eigenvalue weighted by Gasteiger charge is -2.01. The van der Waals surface area contributed by atoms with Crippen LogP contribution in [0.2, 0.25) is 0 Å². The van der Waals surface area contributed by atoms with Crippen LogP contribution in [0, 0.1) is 22.7 Å². The Hall–Kier alpha value is -2.06.